The summed E-state index contributed by atoms with van der Waals surface area (Å²) in [5, 5.41) is 2.22. The first-order valence-corrected chi connectivity index (χ1v) is 9.74. The molecule has 1 aromatic carbocycles. The van der Waals surface area contributed by atoms with Gasteiger partial charge in [-0.05, 0) is 43.7 Å². The van der Waals surface area contributed by atoms with Crippen molar-refractivity contribution >= 4 is 41.0 Å². The third-order valence-electron chi connectivity index (χ3n) is 5.30. The first-order chi connectivity index (χ1) is 14.9. The SMILES string of the molecule is CC1(C)C(=O)N(c2ccc(OC(F)(F)F)c(Cl)c2)C(=O)N1Cc1ccnc2c1CC(=O)N2. The monoisotopic (exact) mass is 468 g/mol. The fourth-order valence-electron chi connectivity index (χ4n) is 3.66. The van der Waals surface area contributed by atoms with Crippen LogP contribution in [0.15, 0.2) is 30.5 Å². The van der Waals surface area contributed by atoms with Crippen molar-refractivity contribution in [1.82, 2.24) is 9.88 Å². The molecule has 168 valence electrons. The quantitative estimate of drug-likeness (QED) is 0.688. The van der Waals surface area contributed by atoms with Crippen LogP contribution in [-0.4, -0.2) is 39.6 Å². The van der Waals surface area contributed by atoms with E-state index < -0.39 is 34.6 Å². The molecule has 2 aliphatic heterocycles. The van der Waals surface area contributed by atoms with Crippen LogP contribution in [0.1, 0.15) is 25.0 Å². The van der Waals surface area contributed by atoms with Crippen LogP contribution >= 0.6 is 11.6 Å². The molecular formula is C20H16ClF3N4O4. The first-order valence-electron chi connectivity index (χ1n) is 9.36. The molecule has 1 N–H and O–H groups in total. The third kappa shape index (κ3) is 3.72. The molecule has 4 amide bonds. The molecule has 4 rings (SSSR count). The maximum Gasteiger partial charge on any atom is 0.573 e. The number of halogens is 4. The number of rotatable bonds is 4. The number of hydrogen-bond acceptors (Lipinski definition) is 5. The minimum atomic E-state index is -4.94. The molecule has 1 saturated heterocycles. The number of nitrogens with one attached hydrogen (secondary N) is 1. The number of ether oxygens (including phenoxy) is 1. The third-order valence-corrected chi connectivity index (χ3v) is 5.59. The van der Waals surface area contributed by atoms with Crippen LogP contribution in [-0.2, 0) is 22.6 Å². The van der Waals surface area contributed by atoms with Crippen LogP contribution < -0.4 is 15.0 Å². The number of imide groups is 1. The summed E-state index contributed by atoms with van der Waals surface area (Å²) in [5.74, 6) is -1.04. The summed E-state index contributed by atoms with van der Waals surface area (Å²) in [7, 11) is 0. The van der Waals surface area contributed by atoms with E-state index in [0.29, 0.717) is 16.9 Å². The van der Waals surface area contributed by atoms with Gasteiger partial charge in [0.15, 0.2) is 0 Å². The highest BCUT2D eigenvalue weighted by atomic mass is 35.5. The van der Waals surface area contributed by atoms with Gasteiger partial charge >= 0.3 is 12.4 Å². The number of benzene rings is 1. The highest BCUT2D eigenvalue weighted by molar-refractivity contribution is 6.33. The summed E-state index contributed by atoms with van der Waals surface area (Å²) in [6.07, 6.45) is -3.34. The van der Waals surface area contributed by atoms with Crippen molar-refractivity contribution in [2.75, 3.05) is 10.2 Å². The van der Waals surface area contributed by atoms with E-state index in [4.69, 9.17) is 11.6 Å². The molecule has 0 unspecified atom stereocenters. The molecule has 2 aromatic rings. The number of anilines is 2. The number of carbonyl (C=O) groups is 3. The summed E-state index contributed by atoms with van der Waals surface area (Å²) in [4.78, 5) is 44.3. The average Bonchev–Trinajstić information content (AvgIpc) is 3.14. The van der Waals surface area contributed by atoms with Gasteiger partial charge in [-0.25, -0.2) is 14.7 Å². The molecule has 0 radical (unpaired) electrons. The molecule has 1 aromatic heterocycles. The van der Waals surface area contributed by atoms with Gasteiger partial charge in [0.25, 0.3) is 5.91 Å². The summed E-state index contributed by atoms with van der Waals surface area (Å²) >= 11 is 5.89. The number of amides is 4. The molecule has 0 bridgehead atoms. The van der Waals surface area contributed by atoms with Crippen molar-refractivity contribution < 1.29 is 32.3 Å². The van der Waals surface area contributed by atoms with E-state index in [1.807, 2.05) is 0 Å². The van der Waals surface area contributed by atoms with E-state index >= 15 is 0 Å². The lowest BCUT2D eigenvalue weighted by molar-refractivity contribution is -0.274. The molecule has 1 fully saturated rings. The summed E-state index contributed by atoms with van der Waals surface area (Å²) < 4.78 is 41.3. The smallest absolute Gasteiger partial charge is 0.404 e. The zero-order valence-corrected chi connectivity index (χ0v) is 17.5. The lowest BCUT2D eigenvalue weighted by Gasteiger charge is -2.28. The van der Waals surface area contributed by atoms with Gasteiger partial charge in [0.2, 0.25) is 5.91 Å². The van der Waals surface area contributed by atoms with E-state index in [2.05, 4.69) is 15.0 Å². The Morgan fingerprint density at radius 3 is 2.59 bits per heavy atom. The molecule has 0 spiro atoms. The van der Waals surface area contributed by atoms with Crippen molar-refractivity contribution in [1.29, 1.82) is 0 Å². The van der Waals surface area contributed by atoms with Crippen molar-refractivity contribution in [3.8, 4) is 5.75 Å². The van der Waals surface area contributed by atoms with Crippen molar-refractivity contribution in [2.24, 2.45) is 0 Å². The van der Waals surface area contributed by atoms with Crippen molar-refractivity contribution in [2.45, 2.75) is 38.7 Å². The Morgan fingerprint density at radius 2 is 1.94 bits per heavy atom. The number of aromatic nitrogens is 1. The Bertz CT molecular complexity index is 1150. The Labute approximate surface area is 184 Å². The lowest BCUT2D eigenvalue weighted by atomic mass is 10.0. The zero-order chi connectivity index (χ0) is 23.4. The van der Waals surface area contributed by atoms with Gasteiger partial charge in [-0.3, -0.25) is 9.59 Å². The average molecular weight is 469 g/mol. The highest BCUT2D eigenvalue weighted by Crippen LogP contribution is 2.38. The molecule has 3 heterocycles. The van der Waals surface area contributed by atoms with Crippen LogP contribution in [0.2, 0.25) is 5.02 Å². The Hall–Kier alpha value is -3.34. The van der Waals surface area contributed by atoms with Crippen LogP contribution in [0.25, 0.3) is 0 Å². The first kappa shape index (κ1) is 21.9. The number of pyridine rings is 1. The summed E-state index contributed by atoms with van der Waals surface area (Å²) in [6, 6.07) is 4.13. The van der Waals surface area contributed by atoms with E-state index in [0.717, 1.165) is 23.1 Å². The summed E-state index contributed by atoms with van der Waals surface area (Å²) in [6.45, 7) is 3.14. The van der Waals surface area contributed by atoms with E-state index in [1.54, 1.807) is 19.9 Å². The van der Waals surface area contributed by atoms with Gasteiger partial charge in [-0.1, -0.05) is 11.6 Å². The molecular weight excluding hydrogens is 453 g/mol. The number of hydrogen-bond donors (Lipinski definition) is 1. The Kier molecular flexibility index (Phi) is 5.04. The zero-order valence-electron chi connectivity index (χ0n) is 16.8. The lowest BCUT2D eigenvalue weighted by Crippen LogP contribution is -2.43. The van der Waals surface area contributed by atoms with Crippen LogP contribution in [0.5, 0.6) is 5.75 Å². The van der Waals surface area contributed by atoms with Crippen molar-refractivity contribution in [3.05, 3.63) is 46.6 Å². The largest absolute Gasteiger partial charge is 0.573 e. The number of carbonyl (C=O) groups excluding carboxylic acids is 3. The minimum Gasteiger partial charge on any atom is -0.404 e. The maximum atomic E-state index is 13.2. The predicted octanol–water partition coefficient (Wildman–Crippen LogP) is 3.88. The normalized spacial score (nSPS) is 17.6. The van der Waals surface area contributed by atoms with Crippen molar-refractivity contribution in [3.63, 3.8) is 0 Å². The molecule has 0 aliphatic carbocycles. The van der Waals surface area contributed by atoms with E-state index in [9.17, 15) is 27.6 Å². The van der Waals surface area contributed by atoms with Crippen LogP contribution in [0.4, 0.5) is 29.5 Å². The minimum absolute atomic E-state index is 0.00639. The van der Waals surface area contributed by atoms with Gasteiger partial charge in [0.05, 0.1) is 17.1 Å². The molecule has 8 nitrogen and oxygen atoms in total. The van der Waals surface area contributed by atoms with Gasteiger partial charge in [0, 0.05) is 18.3 Å². The number of nitrogens with zero attached hydrogens (tertiary/aromatic N) is 3. The summed E-state index contributed by atoms with van der Waals surface area (Å²) in [5.41, 5.74) is 0.0312. The molecule has 0 atom stereocenters. The van der Waals surface area contributed by atoms with Gasteiger partial charge in [-0.2, -0.15) is 0 Å². The topological polar surface area (TPSA) is 91.8 Å². The molecule has 2 aliphatic rings. The maximum absolute atomic E-state index is 13.2. The molecule has 0 saturated carbocycles. The van der Waals surface area contributed by atoms with E-state index in [-0.39, 0.29) is 24.6 Å². The number of alkyl halides is 3. The standard InChI is InChI=1S/C20H16ClF3N4O4/c1-19(2)17(30)28(11-3-4-14(13(21)7-11)32-20(22,23)24)18(31)27(19)9-10-5-6-25-16-12(10)8-15(29)26-16/h3-7H,8-9H2,1-2H3,(H,25,26,29). The Balaban J connectivity index is 1.64. The second-order valence-electron chi connectivity index (χ2n) is 7.75. The molecule has 12 heteroatoms. The van der Waals surface area contributed by atoms with E-state index in [1.165, 1.54) is 11.1 Å². The van der Waals surface area contributed by atoms with Crippen LogP contribution in [0, 0.1) is 0 Å². The second-order valence-corrected chi connectivity index (χ2v) is 8.16. The van der Waals surface area contributed by atoms with Gasteiger partial charge in [0.1, 0.15) is 17.1 Å². The Morgan fingerprint density at radius 1 is 1.22 bits per heavy atom. The predicted molar refractivity (Wildman–Crippen MR) is 107 cm³/mol. The number of fused-ring (bicyclic) bond motifs is 1. The van der Waals surface area contributed by atoms with Gasteiger partial charge < -0.3 is 15.0 Å². The fraction of sp³-hybridized carbons (Fsp3) is 0.300. The number of urea groups is 1. The van der Waals surface area contributed by atoms with Crippen LogP contribution in [0.3, 0.4) is 0 Å². The highest BCUT2D eigenvalue weighted by Gasteiger charge is 2.52. The van der Waals surface area contributed by atoms with Gasteiger partial charge in [-0.15, -0.1) is 13.2 Å². The molecule has 32 heavy (non-hydrogen) atoms. The second kappa shape index (κ2) is 7.37. The fourth-order valence-corrected chi connectivity index (χ4v) is 3.87.